The summed E-state index contributed by atoms with van der Waals surface area (Å²) in [4.78, 5) is 11.9. The van der Waals surface area contributed by atoms with Crippen molar-refractivity contribution in [2.24, 2.45) is 5.10 Å². The average molecular weight is 342 g/mol. The van der Waals surface area contributed by atoms with Gasteiger partial charge in [-0.1, -0.05) is 17.7 Å². The average Bonchev–Trinajstić information content (AvgIpc) is 3.04. The number of rotatable bonds is 4. The number of hydrogen-bond acceptors (Lipinski definition) is 2. The lowest BCUT2D eigenvalue weighted by molar-refractivity contribution is 0.0954. The molecular weight excluding hydrogens is 329 g/mol. The Morgan fingerprint density at radius 3 is 2.67 bits per heavy atom. The second kappa shape index (κ2) is 7.10. The topological polar surface area (TPSA) is 46.4 Å². The van der Waals surface area contributed by atoms with E-state index in [1.807, 2.05) is 35.0 Å². The lowest BCUT2D eigenvalue weighted by Crippen LogP contribution is -2.18. The molecule has 3 aromatic rings. The zero-order chi connectivity index (χ0) is 16.9. The van der Waals surface area contributed by atoms with Gasteiger partial charge >= 0.3 is 0 Å². The van der Waals surface area contributed by atoms with Crippen LogP contribution in [0.25, 0.3) is 5.69 Å². The zero-order valence-corrected chi connectivity index (χ0v) is 13.2. The molecule has 24 heavy (non-hydrogen) atoms. The highest BCUT2D eigenvalue weighted by atomic mass is 35.5. The van der Waals surface area contributed by atoms with Crippen molar-refractivity contribution >= 4 is 23.7 Å². The van der Waals surface area contributed by atoms with Crippen LogP contribution >= 0.6 is 11.6 Å². The lowest BCUT2D eigenvalue weighted by Gasteiger charge is -2.06. The smallest absolute Gasteiger partial charge is 0.271 e. The van der Waals surface area contributed by atoms with Crippen molar-refractivity contribution in [3.8, 4) is 5.69 Å². The molecule has 1 amide bonds. The molecule has 2 aromatic carbocycles. The van der Waals surface area contributed by atoms with E-state index in [2.05, 4.69) is 10.5 Å². The van der Waals surface area contributed by atoms with E-state index in [-0.39, 0.29) is 5.56 Å². The predicted octanol–water partition coefficient (Wildman–Crippen LogP) is 4.03. The van der Waals surface area contributed by atoms with Gasteiger partial charge < -0.3 is 4.57 Å². The number of aromatic nitrogens is 1. The Hall–Kier alpha value is -2.92. The Labute approximate surface area is 143 Å². The summed E-state index contributed by atoms with van der Waals surface area (Å²) in [6, 6.07) is 16.5. The van der Waals surface area contributed by atoms with Crippen molar-refractivity contribution in [2.75, 3.05) is 0 Å². The molecule has 6 heteroatoms. The van der Waals surface area contributed by atoms with Gasteiger partial charge in [0.25, 0.3) is 5.91 Å². The molecule has 0 unspecified atom stereocenters. The highest BCUT2D eigenvalue weighted by Gasteiger charge is 2.05. The normalized spacial score (nSPS) is 10.9. The van der Waals surface area contributed by atoms with Gasteiger partial charge in [0.2, 0.25) is 0 Å². The van der Waals surface area contributed by atoms with Crippen molar-refractivity contribution < 1.29 is 9.18 Å². The van der Waals surface area contributed by atoms with Gasteiger partial charge in [0.05, 0.1) is 11.9 Å². The molecule has 0 saturated heterocycles. The number of carbonyl (C=O) groups is 1. The molecule has 120 valence electrons. The quantitative estimate of drug-likeness (QED) is 0.565. The van der Waals surface area contributed by atoms with E-state index in [4.69, 9.17) is 11.6 Å². The summed E-state index contributed by atoms with van der Waals surface area (Å²) in [5.74, 6) is -0.946. The van der Waals surface area contributed by atoms with Gasteiger partial charge in [-0.25, -0.2) is 9.82 Å². The molecule has 0 radical (unpaired) electrons. The molecule has 0 atom stereocenters. The molecule has 4 nitrogen and oxygen atoms in total. The second-order valence-corrected chi connectivity index (χ2v) is 5.43. The minimum Gasteiger partial charge on any atom is -0.316 e. The van der Waals surface area contributed by atoms with Gasteiger partial charge in [-0.2, -0.15) is 5.10 Å². The number of nitrogens with zero attached hydrogens (tertiary/aromatic N) is 2. The molecule has 0 spiro atoms. The van der Waals surface area contributed by atoms with E-state index >= 15 is 0 Å². The number of nitrogens with one attached hydrogen (secondary N) is 1. The Bertz CT molecular complexity index is 887. The Morgan fingerprint density at radius 2 is 1.92 bits per heavy atom. The third-order valence-corrected chi connectivity index (χ3v) is 3.59. The SMILES string of the molecule is O=C(N/N=C\c1cccn1-c1ccc(Cl)cc1)c1cccc(F)c1. The minimum atomic E-state index is -0.477. The summed E-state index contributed by atoms with van der Waals surface area (Å²) in [7, 11) is 0. The van der Waals surface area contributed by atoms with E-state index < -0.39 is 11.7 Å². The van der Waals surface area contributed by atoms with E-state index in [9.17, 15) is 9.18 Å². The molecule has 1 aromatic heterocycles. The fourth-order valence-corrected chi connectivity index (χ4v) is 2.31. The van der Waals surface area contributed by atoms with Crippen LogP contribution in [-0.4, -0.2) is 16.7 Å². The summed E-state index contributed by atoms with van der Waals surface area (Å²) in [5.41, 5.74) is 4.28. The maximum Gasteiger partial charge on any atom is 0.271 e. The Morgan fingerprint density at radius 1 is 1.12 bits per heavy atom. The monoisotopic (exact) mass is 341 g/mol. The summed E-state index contributed by atoms with van der Waals surface area (Å²) in [6.07, 6.45) is 3.39. The van der Waals surface area contributed by atoms with Crippen LogP contribution in [-0.2, 0) is 0 Å². The highest BCUT2D eigenvalue weighted by molar-refractivity contribution is 6.30. The molecule has 0 bridgehead atoms. The number of hydrazone groups is 1. The van der Waals surface area contributed by atoms with Crippen LogP contribution in [0.15, 0.2) is 72.0 Å². The molecule has 0 aliphatic rings. The van der Waals surface area contributed by atoms with E-state index in [0.717, 1.165) is 17.4 Å². The Kier molecular flexibility index (Phi) is 4.72. The molecule has 1 N–H and O–H groups in total. The molecule has 0 saturated carbocycles. The van der Waals surface area contributed by atoms with Crippen molar-refractivity contribution in [1.82, 2.24) is 9.99 Å². The highest BCUT2D eigenvalue weighted by Crippen LogP contribution is 2.15. The van der Waals surface area contributed by atoms with Crippen LogP contribution in [0.2, 0.25) is 5.02 Å². The zero-order valence-electron chi connectivity index (χ0n) is 12.5. The molecule has 3 rings (SSSR count). The largest absolute Gasteiger partial charge is 0.316 e. The van der Waals surface area contributed by atoms with Gasteiger partial charge in [-0.15, -0.1) is 0 Å². The molecular formula is C18H13ClFN3O. The summed E-state index contributed by atoms with van der Waals surface area (Å²) >= 11 is 5.89. The Balaban J connectivity index is 1.73. The first kappa shape index (κ1) is 16.0. The predicted molar refractivity (Wildman–Crippen MR) is 92.2 cm³/mol. The van der Waals surface area contributed by atoms with Crippen LogP contribution in [0.5, 0.6) is 0 Å². The molecule has 1 heterocycles. The number of hydrogen-bond donors (Lipinski definition) is 1. The molecule has 0 aliphatic heterocycles. The maximum atomic E-state index is 13.1. The van der Waals surface area contributed by atoms with Gasteiger partial charge in [0.15, 0.2) is 0 Å². The number of carbonyl (C=O) groups excluding carboxylic acids is 1. The first-order valence-corrected chi connectivity index (χ1v) is 7.53. The van der Waals surface area contributed by atoms with E-state index in [0.29, 0.717) is 5.02 Å². The third-order valence-electron chi connectivity index (χ3n) is 3.33. The van der Waals surface area contributed by atoms with E-state index in [1.54, 1.807) is 12.1 Å². The summed E-state index contributed by atoms with van der Waals surface area (Å²) < 4.78 is 15.0. The lowest BCUT2D eigenvalue weighted by atomic mass is 10.2. The van der Waals surface area contributed by atoms with Crippen molar-refractivity contribution in [3.63, 3.8) is 0 Å². The fourth-order valence-electron chi connectivity index (χ4n) is 2.19. The van der Waals surface area contributed by atoms with E-state index in [1.165, 1.54) is 24.4 Å². The maximum absolute atomic E-state index is 13.1. The third kappa shape index (κ3) is 3.70. The van der Waals surface area contributed by atoms with Gasteiger partial charge in [0.1, 0.15) is 5.82 Å². The van der Waals surface area contributed by atoms with Crippen LogP contribution in [0.1, 0.15) is 16.1 Å². The summed E-state index contributed by atoms with van der Waals surface area (Å²) in [5, 5.41) is 4.59. The van der Waals surface area contributed by atoms with Crippen molar-refractivity contribution in [1.29, 1.82) is 0 Å². The summed E-state index contributed by atoms with van der Waals surface area (Å²) in [6.45, 7) is 0. The first-order valence-electron chi connectivity index (χ1n) is 7.16. The van der Waals surface area contributed by atoms with Crippen LogP contribution in [0, 0.1) is 5.82 Å². The van der Waals surface area contributed by atoms with Crippen LogP contribution < -0.4 is 5.43 Å². The molecule has 0 fully saturated rings. The number of halogens is 2. The fraction of sp³-hybridized carbons (Fsp3) is 0. The van der Waals surface area contributed by atoms with Crippen molar-refractivity contribution in [2.45, 2.75) is 0 Å². The van der Waals surface area contributed by atoms with Gasteiger partial charge in [-0.3, -0.25) is 4.79 Å². The second-order valence-electron chi connectivity index (χ2n) is 4.99. The number of benzene rings is 2. The standard InChI is InChI=1S/C18H13ClFN3O/c19-14-6-8-16(9-7-14)23-10-2-5-17(23)12-21-22-18(24)13-3-1-4-15(20)11-13/h1-12H,(H,22,24)/b21-12-. The van der Waals surface area contributed by atoms with Gasteiger partial charge in [-0.05, 0) is 54.6 Å². The van der Waals surface area contributed by atoms with Crippen LogP contribution in [0.4, 0.5) is 4.39 Å². The first-order chi connectivity index (χ1) is 11.6. The van der Waals surface area contributed by atoms with Crippen LogP contribution in [0.3, 0.4) is 0 Å². The molecule has 0 aliphatic carbocycles. The van der Waals surface area contributed by atoms with Gasteiger partial charge in [0, 0.05) is 22.5 Å². The van der Waals surface area contributed by atoms with Crippen molar-refractivity contribution in [3.05, 3.63) is 89.0 Å². The number of amides is 1. The minimum absolute atomic E-state index is 0.209.